The number of ether oxygens (including phenoxy) is 1. The van der Waals surface area contributed by atoms with Gasteiger partial charge in [-0.3, -0.25) is 19.9 Å². The van der Waals surface area contributed by atoms with E-state index in [1.54, 1.807) is 4.90 Å². The van der Waals surface area contributed by atoms with Gasteiger partial charge < -0.3 is 29.2 Å². The molecular weight excluding hydrogens is 752 g/mol. The van der Waals surface area contributed by atoms with Crippen molar-refractivity contribution in [2.45, 2.75) is 59.2 Å². The van der Waals surface area contributed by atoms with E-state index in [1.165, 1.54) is 4.90 Å². The zero-order valence-electron chi connectivity index (χ0n) is 23.5. The van der Waals surface area contributed by atoms with Crippen LogP contribution in [0.5, 0.6) is 0 Å². The molecule has 2 aliphatic heterocycles. The normalized spacial score (nSPS) is 17.8. The third-order valence-electron chi connectivity index (χ3n) is 6.04. The molecule has 2 aliphatic rings. The maximum atomic E-state index is 12.5. The fraction of sp³-hybridized carbons (Fsp3) is 0.542. The Kier molecular flexibility index (Phi) is 15.5. The number of nitrogens with zero attached hydrogens (tertiary/aromatic N) is 4. The van der Waals surface area contributed by atoms with E-state index in [0.29, 0.717) is 24.5 Å². The summed E-state index contributed by atoms with van der Waals surface area (Å²) >= 11 is 0. The molecule has 0 unspecified atom stereocenters. The molecule has 0 radical (unpaired) electrons. The van der Waals surface area contributed by atoms with Crippen molar-refractivity contribution in [3.05, 3.63) is 23.3 Å². The number of anilines is 1. The largest absolute Gasteiger partial charge is 1.00 e. The summed E-state index contributed by atoms with van der Waals surface area (Å²) in [6.07, 6.45) is -2.39. The molecule has 2 saturated heterocycles. The zero-order valence-corrected chi connectivity index (χ0v) is 36.1. The van der Waals surface area contributed by atoms with Gasteiger partial charge >= 0.3 is 150 Å². The summed E-state index contributed by atoms with van der Waals surface area (Å²) in [4.78, 5) is 50.2. The van der Waals surface area contributed by atoms with E-state index in [-0.39, 0.29) is 169 Å². The van der Waals surface area contributed by atoms with E-state index in [2.05, 4.69) is 15.4 Å². The number of rotatable bonds is 3. The Morgan fingerprint density at radius 2 is 1.79 bits per heavy atom. The van der Waals surface area contributed by atoms with Crippen LogP contribution in [-0.4, -0.2) is 77.0 Å². The van der Waals surface area contributed by atoms with E-state index in [1.807, 2.05) is 46.8 Å². The zero-order chi connectivity index (χ0) is 27.5. The van der Waals surface area contributed by atoms with Crippen LogP contribution in [-0.2, 0) is 16.1 Å². The van der Waals surface area contributed by atoms with Gasteiger partial charge in [-0.1, -0.05) is 11.2 Å². The Morgan fingerprint density at radius 1 is 1.15 bits per heavy atom. The van der Waals surface area contributed by atoms with Gasteiger partial charge in [-0.2, -0.15) is 0 Å². The van der Waals surface area contributed by atoms with Crippen LogP contribution < -0.4 is 158 Å². The van der Waals surface area contributed by atoms with Crippen molar-refractivity contribution in [3.8, 4) is 0 Å². The van der Waals surface area contributed by atoms with Crippen molar-refractivity contribution >= 4 is 41.0 Å². The number of piperazine rings is 1. The average Bonchev–Trinajstić information content (AvgIpc) is 3.19. The molecule has 4 amide bonds. The summed E-state index contributed by atoms with van der Waals surface area (Å²) in [5.74, 6) is 0.138. The van der Waals surface area contributed by atoms with Crippen LogP contribution in [0.3, 0.4) is 0 Å². The molecule has 1 aromatic carbocycles. The van der Waals surface area contributed by atoms with Crippen molar-refractivity contribution in [2.24, 2.45) is 0 Å². The Balaban J connectivity index is 0.00000119. The van der Waals surface area contributed by atoms with Gasteiger partial charge in [0.2, 0.25) is 5.91 Å². The van der Waals surface area contributed by atoms with Crippen LogP contribution in [0.1, 0.15) is 45.2 Å². The van der Waals surface area contributed by atoms with Gasteiger partial charge in [0.25, 0.3) is 0 Å². The van der Waals surface area contributed by atoms with Crippen LogP contribution in [0.2, 0.25) is 0 Å². The van der Waals surface area contributed by atoms with Crippen molar-refractivity contribution in [1.29, 1.82) is 0 Å². The van der Waals surface area contributed by atoms with Crippen LogP contribution >= 0.6 is 0 Å². The summed E-state index contributed by atoms with van der Waals surface area (Å²) in [7, 11) is 0. The third kappa shape index (κ3) is 10.5. The number of nitrogens with one attached hydrogen (secondary N) is 1. The monoisotopic (exact) mass is 783 g/mol. The van der Waals surface area contributed by atoms with Crippen LogP contribution in [0.25, 0.3) is 11.0 Å². The Hall–Kier alpha value is 0.234. The minimum Gasteiger partial charge on any atom is -0.652 e. The van der Waals surface area contributed by atoms with Crippen molar-refractivity contribution in [1.82, 2.24) is 20.3 Å². The molecule has 1 N–H and O–H groups in total. The fourth-order valence-corrected chi connectivity index (χ4v) is 4.35. The topological polar surface area (TPSA) is 171 Å². The van der Waals surface area contributed by atoms with Gasteiger partial charge in [0.05, 0.1) is 5.39 Å². The first-order valence-corrected chi connectivity index (χ1v) is 11.9. The minimum atomic E-state index is -2.33. The molecular formula is C24H31Cs2N5O8. The minimum absolute atomic E-state index is 0. The second kappa shape index (κ2) is 16.2. The SMILES string of the molecule is Cc1c(CN2CCN(C(=O)OC(C)(C)C)[C@@H](C)C2)ccc2onc(N3CCC(=O)NC3=O)c12.O=C([O-])[O-].[Cs+].[Cs+]. The summed E-state index contributed by atoms with van der Waals surface area (Å²) in [6.45, 7) is 12.6. The number of benzene rings is 1. The number of amides is 4. The molecule has 2 fully saturated rings. The van der Waals surface area contributed by atoms with Crippen molar-refractivity contribution in [3.63, 3.8) is 0 Å². The predicted molar refractivity (Wildman–Crippen MR) is 127 cm³/mol. The first-order chi connectivity index (χ1) is 17.3. The molecule has 0 saturated carbocycles. The summed E-state index contributed by atoms with van der Waals surface area (Å²) in [5, 5.41) is 23.9. The number of carboxylic acid groups (broad SMARTS) is 2. The van der Waals surface area contributed by atoms with Gasteiger partial charge in [0.1, 0.15) is 5.60 Å². The van der Waals surface area contributed by atoms with Gasteiger partial charge in [-0.25, -0.2) is 9.59 Å². The summed E-state index contributed by atoms with van der Waals surface area (Å²) < 4.78 is 11.0. The molecule has 0 bridgehead atoms. The summed E-state index contributed by atoms with van der Waals surface area (Å²) in [5.41, 5.74) is 2.16. The summed E-state index contributed by atoms with van der Waals surface area (Å²) in [6, 6.07) is 3.41. The van der Waals surface area contributed by atoms with E-state index in [9.17, 15) is 14.4 Å². The second-order valence-corrected chi connectivity index (χ2v) is 9.99. The molecule has 3 heterocycles. The smallest absolute Gasteiger partial charge is 0.652 e. The molecule has 0 spiro atoms. The Bertz CT molecular complexity index is 1200. The predicted octanol–water partition coefficient (Wildman–Crippen LogP) is -5.42. The number of hydrogen-bond donors (Lipinski definition) is 1. The van der Waals surface area contributed by atoms with Gasteiger partial charge in [0, 0.05) is 45.2 Å². The van der Waals surface area contributed by atoms with Crippen LogP contribution in [0.4, 0.5) is 20.2 Å². The number of hydrogen-bond acceptors (Lipinski definition) is 10. The van der Waals surface area contributed by atoms with E-state index in [4.69, 9.17) is 24.3 Å². The number of aromatic nitrogens is 1. The van der Waals surface area contributed by atoms with E-state index >= 15 is 0 Å². The van der Waals surface area contributed by atoms with Gasteiger partial charge in [-0.05, 0) is 58.0 Å². The van der Waals surface area contributed by atoms with Crippen LogP contribution in [0.15, 0.2) is 16.7 Å². The fourth-order valence-electron chi connectivity index (χ4n) is 4.35. The van der Waals surface area contributed by atoms with Gasteiger partial charge in [-0.15, -0.1) is 0 Å². The maximum Gasteiger partial charge on any atom is 1.00 e. The number of imide groups is 1. The molecule has 13 nitrogen and oxygen atoms in total. The standard InChI is InChI=1S/C23H31N5O5.CH2O3.2Cs/c1-14-12-26(10-11-27(14)22(31)32-23(3,4)5)13-16-6-7-17-19(15(16)2)20(25-33-17)28-9-8-18(29)24-21(28)30;2-1(3)4;;/h6-7,14H,8-13H2,1-5H3,(H,24,29,30);(H2,2,3,4);;/q;;2*+1/p-2/t14-;;;/m0.../s1. The molecule has 2 aromatic rings. The first kappa shape index (κ1) is 37.3. The molecule has 4 rings (SSSR count). The van der Waals surface area contributed by atoms with Gasteiger partial charge in [0.15, 0.2) is 11.4 Å². The average molecular weight is 783 g/mol. The Morgan fingerprint density at radius 3 is 2.36 bits per heavy atom. The quantitative estimate of drug-likeness (QED) is 0.317. The maximum absolute atomic E-state index is 12.5. The van der Waals surface area contributed by atoms with Crippen molar-refractivity contribution < 1.29 is 176 Å². The van der Waals surface area contributed by atoms with Crippen LogP contribution in [0, 0.1) is 6.92 Å². The number of urea groups is 1. The first-order valence-electron chi connectivity index (χ1n) is 11.9. The molecule has 15 heteroatoms. The Labute approximate surface area is 344 Å². The van der Waals surface area contributed by atoms with Crippen molar-refractivity contribution in [2.75, 3.05) is 31.1 Å². The number of carbonyl (C=O) groups excluding carboxylic acids is 4. The molecule has 1 aromatic heterocycles. The number of fused-ring (bicyclic) bond motifs is 1. The molecule has 39 heavy (non-hydrogen) atoms. The number of aryl methyl sites for hydroxylation is 1. The number of carbonyl (C=O) groups is 4. The molecule has 0 aliphatic carbocycles. The molecule has 202 valence electrons. The third-order valence-corrected chi connectivity index (χ3v) is 6.04. The van der Waals surface area contributed by atoms with E-state index in [0.717, 1.165) is 29.6 Å². The van der Waals surface area contributed by atoms with E-state index < -0.39 is 17.8 Å². The molecule has 1 atom stereocenters. The second-order valence-electron chi connectivity index (χ2n) is 9.99.